The topological polar surface area (TPSA) is 106 Å². The SMILES string of the molecule is C/C(=N\NC(=O)c1cccc(N/N=C(\C)c2ccc(O)cc2)c1)c1ccc(O)cc1. The summed E-state index contributed by atoms with van der Waals surface area (Å²) in [7, 11) is 0. The highest BCUT2D eigenvalue weighted by atomic mass is 16.3. The quantitative estimate of drug-likeness (QED) is 0.368. The molecule has 3 rings (SSSR count). The van der Waals surface area contributed by atoms with Crippen molar-refractivity contribution in [3.63, 3.8) is 0 Å². The van der Waals surface area contributed by atoms with E-state index in [1.165, 1.54) is 0 Å². The molecule has 4 N–H and O–H groups in total. The van der Waals surface area contributed by atoms with Gasteiger partial charge in [0.05, 0.1) is 17.1 Å². The van der Waals surface area contributed by atoms with Crippen LogP contribution in [0.2, 0.25) is 0 Å². The molecule has 7 nitrogen and oxygen atoms in total. The Labute approximate surface area is 174 Å². The number of rotatable bonds is 6. The molecule has 7 heteroatoms. The Morgan fingerprint density at radius 3 is 1.83 bits per heavy atom. The third-order valence-electron chi connectivity index (χ3n) is 4.37. The van der Waals surface area contributed by atoms with Crippen molar-refractivity contribution in [3.05, 3.63) is 89.5 Å². The summed E-state index contributed by atoms with van der Waals surface area (Å²) in [5.41, 5.74) is 9.57. The minimum Gasteiger partial charge on any atom is -0.508 e. The zero-order chi connectivity index (χ0) is 21.5. The molecule has 0 heterocycles. The molecule has 1 amide bonds. The molecule has 0 aromatic heterocycles. The number of benzene rings is 3. The summed E-state index contributed by atoms with van der Waals surface area (Å²) in [6.07, 6.45) is 0. The predicted octanol–water partition coefficient (Wildman–Crippen LogP) is 4.09. The average molecular weight is 402 g/mol. The second-order valence-corrected chi connectivity index (χ2v) is 6.62. The highest BCUT2D eigenvalue weighted by molar-refractivity contribution is 6.01. The number of hydrazone groups is 2. The highest BCUT2D eigenvalue weighted by Crippen LogP contribution is 2.14. The molecule has 3 aromatic carbocycles. The number of phenolic OH excluding ortho intramolecular Hbond substituents is 2. The molecule has 3 aromatic rings. The molecule has 0 aliphatic rings. The van der Waals surface area contributed by atoms with E-state index < -0.39 is 0 Å². The molecule has 0 aliphatic heterocycles. The fourth-order valence-electron chi connectivity index (χ4n) is 2.61. The van der Waals surface area contributed by atoms with Gasteiger partial charge in [-0.2, -0.15) is 10.2 Å². The van der Waals surface area contributed by atoms with Crippen LogP contribution in [0.25, 0.3) is 0 Å². The number of hydrogen-bond donors (Lipinski definition) is 4. The Hall–Kier alpha value is -4.13. The summed E-state index contributed by atoms with van der Waals surface area (Å²) in [5, 5.41) is 27.2. The molecule has 0 aliphatic carbocycles. The molecular formula is C23H22N4O3. The van der Waals surface area contributed by atoms with Crippen LogP contribution in [0.4, 0.5) is 5.69 Å². The van der Waals surface area contributed by atoms with E-state index in [2.05, 4.69) is 21.1 Å². The van der Waals surface area contributed by atoms with Crippen molar-refractivity contribution >= 4 is 23.0 Å². The lowest BCUT2D eigenvalue weighted by molar-refractivity contribution is 0.0955. The van der Waals surface area contributed by atoms with Gasteiger partial charge in [-0.25, -0.2) is 5.43 Å². The lowest BCUT2D eigenvalue weighted by atomic mass is 10.1. The summed E-state index contributed by atoms with van der Waals surface area (Å²) in [5.74, 6) is 0.0146. The number of amides is 1. The lowest BCUT2D eigenvalue weighted by Gasteiger charge is -2.07. The fraction of sp³-hybridized carbons (Fsp3) is 0.0870. The van der Waals surface area contributed by atoms with E-state index >= 15 is 0 Å². The molecule has 0 spiro atoms. The van der Waals surface area contributed by atoms with E-state index in [1.807, 2.05) is 6.92 Å². The van der Waals surface area contributed by atoms with Crippen LogP contribution in [0.1, 0.15) is 35.3 Å². The Balaban J connectivity index is 1.66. The highest BCUT2D eigenvalue weighted by Gasteiger charge is 2.06. The first-order valence-electron chi connectivity index (χ1n) is 9.26. The maximum atomic E-state index is 12.4. The minimum absolute atomic E-state index is 0.170. The van der Waals surface area contributed by atoms with E-state index in [1.54, 1.807) is 79.7 Å². The van der Waals surface area contributed by atoms with Crippen LogP contribution >= 0.6 is 0 Å². The summed E-state index contributed by atoms with van der Waals surface area (Å²) in [6.45, 7) is 3.61. The van der Waals surface area contributed by atoms with E-state index in [-0.39, 0.29) is 17.4 Å². The van der Waals surface area contributed by atoms with Crippen molar-refractivity contribution in [2.24, 2.45) is 10.2 Å². The molecule has 0 atom stereocenters. The van der Waals surface area contributed by atoms with Gasteiger partial charge in [0.25, 0.3) is 5.91 Å². The first-order valence-corrected chi connectivity index (χ1v) is 9.26. The smallest absolute Gasteiger partial charge is 0.271 e. The van der Waals surface area contributed by atoms with Gasteiger partial charge in [0.15, 0.2) is 0 Å². The van der Waals surface area contributed by atoms with Crippen LogP contribution < -0.4 is 10.9 Å². The van der Waals surface area contributed by atoms with Crippen LogP contribution in [0.15, 0.2) is 83.0 Å². The molecule has 0 radical (unpaired) electrons. The van der Waals surface area contributed by atoms with E-state index in [0.29, 0.717) is 17.0 Å². The Bertz CT molecular complexity index is 1090. The van der Waals surface area contributed by atoms with Crippen molar-refractivity contribution in [2.75, 3.05) is 5.43 Å². The van der Waals surface area contributed by atoms with E-state index in [0.717, 1.165) is 16.8 Å². The number of nitrogens with one attached hydrogen (secondary N) is 2. The zero-order valence-electron chi connectivity index (χ0n) is 16.6. The van der Waals surface area contributed by atoms with Crippen LogP contribution in [-0.4, -0.2) is 27.5 Å². The van der Waals surface area contributed by atoms with Crippen molar-refractivity contribution in [3.8, 4) is 11.5 Å². The standard InChI is InChI=1S/C23H22N4O3/c1-15(17-6-10-21(28)11-7-17)24-26-20-5-3-4-19(14-20)23(30)27-25-16(2)18-8-12-22(29)13-9-18/h3-14,26,28-29H,1-2H3,(H,27,30)/b24-15+,25-16+. The molecule has 30 heavy (non-hydrogen) atoms. The second-order valence-electron chi connectivity index (χ2n) is 6.62. The molecule has 0 bridgehead atoms. The Kier molecular flexibility index (Phi) is 6.44. The summed E-state index contributed by atoms with van der Waals surface area (Å²) >= 11 is 0. The largest absolute Gasteiger partial charge is 0.508 e. The monoisotopic (exact) mass is 402 g/mol. The predicted molar refractivity (Wildman–Crippen MR) is 118 cm³/mol. The van der Waals surface area contributed by atoms with E-state index in [9.17, 15) is 15.0 Å². The zero-order valence-corrected chi connectivity index (χ0v) is 16.6. The van der Waals surface area contributed by atoms with Crippen LogP contribution in [-0.2, 0) is 0 Å². The van der Waals surface area contributed by atoms with Gasteiger partial charge in [-0.3, -0.25) is 10.2 Å². The maximum absolute atomic E-state index is 12.4. The molecule has 0 fully saturated rings. The van der Waals surface area contributed by atoms with Crippen LogP contribution in [0.5, 0.6) is 11.5 Å². The molecule has 0 saturated carbocycles. The van der Waals surface area contributed by atoms with Crippen molar-refractivity contribution in [2.45, 2.75) is 13.8 Å². The first-order chi connectivity index (χ1) is 14.4. The van der Waals surface area contributed by atoms with Gasteiger partial charge in [0.2, 0.25) is 0 Å². The van der Waals surface area contributed by atoms with Gasteiger partial charge in [-0.15, -0.1) is 0 Å². The third-order valence-corrected chi connectivity index (χ3v) is 4.37. The normalized spacial score (nSPS) is 11.8. The number of carbonyl (C=O) groups is 1. The lowest BCUT2D eigenvalue weighted by Crippen LogP contribution is -2.19. The third kappa shape index (κ3) is 5.45. The van der Waals surface area contributed by atoms with Crippen molar-refractivity contribution < 1.29 is 15.0 Å². The Morgan fingerprint density at radius 1 is 0.733 bits per heavy atom. The average Bonchev–Trinajstić information content (AvgIpc) is 2.76. The van der Waals surface area contributed by atoms with Crippen molar-refractivity contribution in [1.29, 1.82) is 0 Å². The van der Waals surface area contributed by atoms with Gasteiger partial charge in [-0.05, 0) is 91.7 Å². The maximum Gasteiger partial charge on any atom is 0.271 e. The summed E-state index contributed by atoms with van der Waals surface area (Å²) < 4.78 is 0. The molecular weight excluding hydrogens is 380 g/mol. The molecule has 0 saturated heterocycles. The van der Waals surface area contributed by atoms with E-state index in [4.69, 9.17) is 0 Å². The molecule has 152 valence electrons. The van der Waals surface area contributed by atoms with Crippen LogP contribution in [0.3, 0.4) is 0 Å². The summed E-state index contributed by atoms with van der Waals surface area (Å²) in [4.78, 5) is 12.4. The van der Waals surface area contributed by atoms with Gasteiger partial charge in [0.1, 0.15) is 11.5 Å². The van der Waals surface area contributed by atoms with Gasteiger partial charge >= 0.3 is 0 Å². The number of nitrogens with zero attached hydrogens (tertiary/aromatic N) is 2. The number of carbonyl (C=O) groups excluding carboxylic acids is 1. The second kappa shape index (κ2) is 9.38. The first kappa shape index (κ1) is 20.6. The summed E-state index contributed by atoms with van der Waals surface area (Å²) in [6, 6.07) is 20.2. The number of phenols is 2. The van der Waals surface area contributed by atoms with Crippen LogP contribution in [0, 0.1) is 0 Å². The minimum atomic E-state index is -0.351. The van der Waals surface area contributed by atoms with Gasteiger partial charge in [0, 0.05) is 5.56 Å². The number of aromatic hydroxyl groups is 2. The Morgan fingerprint density at radius 2 is 1.27 bits per heavy atom. The van der Waals surface area contributed by atoms with Gasteiger partial charge in [-0.1, -0.05) is 6.07 Å². The fourth-order valence-corrected chi connectivity index (χ4v) is 2.61. The number of hydrogen-bond acceptors (Lipinski definition) is 6. The number of anilines is 1. The van der Waals surface area contributed by atoms with Gasteiger partial charge < -0.3 is 10.2 Å². The van der Waals surface area contributed by atoms with Crippen molar-refractivity contribution in [1.82, 2.24) is 5.43 Å². The molecule has 0 unspecified atom stereocenters.